The first kappa shape index (κ1) is 12.5. The van der Waals surface area contributed by atoms with Crippen molar-refractivity contribution in [3.05, 3.63) is 28.8 Å². The molecule has 86 valence electrons. The molecule has 1 aromatic carbocycles. The Hall–Kier alpha value is -1.55. The Kier molecular flexibility index (Phi) is 4.31. The Labute approximate surface area is 98.1 Å². The van der Waals surface area contributed by atoms with Crippen molar-refractivity contribution in [1.29, 1.82) is 0 Å². The van der Waals surface area contributed by atoms with E-state index in [2.05, 4.69) is 4.74 Å². The van der Waals surface area contributed by atoms with Crippen LogP contribution >= 0.6 is 11.6 Å². The molecule has 0 atom stereocenters. The van der Waals surface area contributed by atoms with Gasteiger partial charge in [0.2, 0.25) is 5.78 Å². The van der Waals surface area contributed by atoms with Crippen molar-refractivity contribution in [2.45, 2.75) is 6.92 Å². The molecule has 16 heavy (non-hydrogen) atoms. The number of Topliss-reactive ketones (excluding diaryl/α,β-unsaturated/α-hetero) is 1. The highest BCUT2D eigenvalue weighted by molar-refractivity contribution is 6.34. The molecular weight excluding hydrogens is 232 g/mol. The lowest BCUT2D eigenvalue weighted by molar-refractivity contribution is -0.139. The average molecular weight is 243 g/mol. The van der Waals surface area contributed by atoms with Gasteiger partial charge in [-0.05, 0) is 18.2 Å². The summed E-state index contributed by atoms with van der Waals surface area (Å²) in [4.78, 5) is 22.2. The highest BCUT2D eigenvalue weighted by atomic mass is 35.5. The van der Waals surface area contributed by atoms with Gasteiger partial charge in [0.05, 0.1) is 12.1 Å². The third-order valence-electron chi connectivity index (χ3n) is 1.88. The van der Waals surface area contributed by atoms with Crippen LogP contribution in [0.5, 0.6) is 5.75 Å². The van der Waals surface area contributed by atoms with Crippen LogP contribution in [-0.2, 0) is 9.53 Å². The van der Waals surface area contributed by atoms with E-state index >= 15 is 0 Å². The van der Waals surface area contributed by atoms with E-state index in [9.17, 15) is 9.59 Å². The van der Waals surface area contributed by atoms with E-state index in [1.54, 1.807) is 12.1 Å². The molecule has 0 bridgehead atoms. The first-order chi connectivity index (χ1) is 7.54. The van der Waals surface area contributed by atoms with Crippen LogP contribution in [0.25, 0.3) is 0 Å². The fourth-order valence-electron chi connectivity index (χ4n) is 1.09. The van der Waals surface area contributed by atoms with Crippen molar-refractivity contribution in [2.75, 3.05) is 13.7 Å². The van der Waals surface area contributed by atoms with Crippen LogP contribution in [0.2, 0.25) is 5.02 Å². The zero-order valence-electron chi connectivity index (χ0n) is 8.95. The summed E-state index contributed by atoms with van der Waals surface area (Å²) in [5, 5.41) is 0.304. The smallest absolute Gasteiger partial charge is 0.303 e. The minimum Gasteiger partial charge on any atom is -0.497 e. The van der Waals surface area contributed by atoms with Gasteiger partial charge in [0.1, 0.15) is 5.75 Å². The van der Waals surface area contributed by atoms with Crippen molar-refractivity contribution in [3.8, 4) is 5.75 Å². The summed E-state index contributed by atoms with van der Waals surface area (Å²) < 4.78 is 9.57. The van der Waals surface area contributed by atoms with Crippen LogP contribution in [0.4, 0.5) is 0 Å². The molecule has 0 radical (unpaired) electrons. The maximum atomic E-state index is 11.6. The molecule has 5 heteroatoms. The van der Waals surface area contributed by atoms with Gasteiger partial charge in [-0.2, -0.15) is 0 Å². The van der Waals surface area contributed by atoms with Crippen molar-refractivity contribution >= 4 is 23.4 Å². The minimum absolute atomic E-state index is 0.280. The molecule has 0 heterocycles. The van der Waals surface area contributed by atoms with Crippen LogP contribution in [0.3, 0.4) is 0 Å². The first-order valence-corrected chi connectivity index (χ1v) is 4.92. The quantitative estimate of drug-likeness (QED) is 0.599. The number of ether oxygens (including phenoxy) is 2. The summed E-state index contributed by atoms with van der Waals surface area (Å²) in [7, 11) is 1.49. The number of ketones is 1. The van der Waals surface area contributed by atoms with E-state index in [1.807, 2.05) is 0 Å². The number of carbonyl (C=O) groups excluding carboxylic acids is 2. The first-order valence-electron chi connectivity index (χ1n) is 4.54. The lowest BCUT2D eigenvalue weighted by atomic mass is 10.1. The van der Waals surface area contributed by atoms with E-state index in [-0.39, 0.29) is 18.0 Å². The number of hydrogen-bond donors (Lipinski definition) is 0. The van der Waals surface area contributed by atoms with Gasteiger partial charge >= 0.3 is 5.97 Å². The van der Waals surface area contributed by atoms with E-state index in [1.165, 1.54) is 20.1 Å². The minimum atomic E-state index is -0.507. The molecule has 0 saturated heterocycles. The molecule has 1 rings (SSSR count). The van der Waals surface area contributed by atoms with Gasteiger partial charge in [0, 0.05) is 12.5 Å². The summed E-state index contributed by atoms with van der Waals surface area (Å²) in [6.07, 6.45) is 0. The standard InChI is InChI=1S/C11H11ClO4/c1-7(13)16-6-11(14)9-5-8(15-2)3-4-10(9)12/h3-5H,6H2,1-2H3. The highest BCUT2D eigenvalue weighted by Gasteiger charge is 2.12. The monoisotopic (exact) mass is 242 g/mol. The Morgan fingerprint density at radius 1 is 1.38 bits per heavy atom. The molecule has 0 saturated carbocycles. The van der Waals surface area contributed by atoms with Crippen LogP contribution in [0, 0.1) is 0 Å². The highest BCUT2D eigenvalue weighted by Crippen LogP contribution is 2.22. The van der Waals surface area contributed by atoms with Gasteiger partial charge in [-0.3, -0.25) is 9.59 Å². The molecule has 0 aliphatic heterocycles. The second-order valence-corrected chi connectivity index (χ2v) is 3.46. The Bertz CT molecular complexity index is 414. The van der Waals surface area contributed by atoms with Crippen molar-refractivity contribution in [1.82, 2.24) is 0 Å². The Morgan fingerprint density at radius 2 is 2.06 bits per heavy atom. The van der Waals surface area contributed by atoms with Crippen LogP contribution in [0.15, 0.2) is 18.2 Å². The molecule has 0 amide bonds. The second kappa shape index (κ2) is 5.51. The number of benzene rings is 1. The number of methoxy groups -OCH3 is 1. The van der Waals surface area contributed by atoms with Crippen molar-refractivity contribution in [2.24, 2.45) is 0 Å². The predicted octanol–water partition coefficient (Wildman–Crippen LogP) is 2.09. The van der Waals surface area contributed by atoms with Crippen molar-refractivity contribution < 1.29 is 19.1 Å². The molecule has 0 aliphatic carbocycles. The lowest BCUT2D eigenvalue weighted by Gasteiger charge is -2.06. The summed E-state index contributed by atoms with van der Waals surface area (Å²) >= 11 is 5.85. The second-order valence-electron chi connectivity index (χ2n) is 3.05. The molecule has 4 nitrogen and oxygen atoms in total. The Morgan fingerprint density at radius 3 is 2.62 bits per heavy atom. The fourth-order valence-corrected chi connectivity index (χ4v) is 1.31. The molecule has 0 aliphatic rings. The van der Waals surface area contributed by atoms with Gasteiger partial charge in [-0.15, -0.1) is 0 Å². The SMILES string of the molecule is COc1ccc(Cl)c(C(=O)COC(C)=O)c1. The van der Waals surface area contributed by atoms with Gasteiger partial charge in [-0.25, -0.2) is 0 Å². The molecule has 0 spiro atoms. The van der Waals surface area contributed by atoms with Crippen LogP contribution < -0.4 is 4.74 Å². The van der Waals surface area contributed by atoms with Gasteiger partial charge in [-0.1, -0.05) is 11.6 Å². The summed E-state index contributed by atoms with van der Waals surface area (Å²) in [6.45, 7) is 0.919. The third-order valence-corrected chi connectivity index (χ3v) is 2.21. The van der Waals surface area contributed by atoms with E-state index < -0.39 is 5.97 Å². The summed E-state index contributed by atoms with van der Waals surface area (Å²) in [5.74, 6) is -0.345. The summed E-state index contributed by atoms with van der Waals surface area (Å²) in [6, 6.07) is 4.71. The zero-order valence-corrected chi connectivity index (χ0v) is 9.71. The molecule has 0 fully saturated rings. The number of halogens is 1. The van der Waals surface area contributed by atoms with Crippen LogP contribution in [-0.4, -0.2) is 25.5 Å². The lowest BCUT2D eigenvalue weighted by Crippen LogP contribution is -2.12. The number of rotatable bonds is 4. The van der Waals surface area contributed by atoms with Crippen molar-refractivity contribution in [3.63, 3.8) is 0 Å². The Balaban J connectivity index is 2.85. The third kappa shape index (κ3) is 3.24. The van der Waals surface area contributed by atoms with Gasteiger partial charge < -0.3 is 9.47 Å². The maximum absolute atomic E-state index is 11.6. The zero-order chi connectivity index (χ0) is 12.1. The summed E-state index contributed by atoms with van der Waals surface area (Å²) in [5.41, 5.74) is 0.280. The number of esters is 1. The largest absolute Gasteiger partial charge is 0.497 e. The molecule has 0 N–H and O–H groups in total. The van der Waals surface area contributed by atoms with Crippen LogP contribution in [0.1, 0.15) is 17.3 Å². The van der Waals surface area contributed by atoms with Gasteiger partial charge in [0.25, 0.3) is 0 Å². The maximum Gasteiger partial charge on any atom is 0.303 e. The molecule has 1 aromatic rings. The fraction of sp³-hybridized carbons (Fsp3) is 0.273. The normalized spacial score (nSPS) is 9.69. The van der Waals surface area contributed by atoms with Gasteiger partial charge in [0.15, 0.2) is 6.61 Å². The van der Waals surface area contributed by atoms with E-state index in [0.717, 1.165) is 0 Å². The average Bonchev–Trinajstić information content (AvgIpc) is 2.26. The van der Waals surface area contributed by atoms with E-state index in [0.29, 0.717) is 10.8 Å². The number of hydrogen-bond acceptors (Lipinski definition) is 4. The molecule has 0 aromatic heterocycles. The number of carbonyl (C=O) groups is 2. The molecule has 0 unspecified atom stereocenters. The predicted molar refractivity (Wildman–Crippen MR) is 59.0 cm³/mol. The van der Waals surface area contributed by atoms with E-state index in [4.69, 9.17) is 16.3 Å². The molecular formula is C11H11ClO4. The topological polar surface area (TPSA) is 52.6 Å².